The molecule has 0 radical (unpaired) electrons. The third-order valence-corrected chi connectivity index (χ3v) is 6.87. The molecule has 3 unspecified atom stereocenters. The zero-order chi connectivity index (χ0) is 16.5. The maximum atomic E-state index is 13.7. The van der Waals surface area contributed by atoms with Crippen molar-refractivity contribution < 1.29 is 18.0 Å². The SMILES string of the molecule is Cl.NC(CNC(=O)C12CC3CC(C1)CC(C(F)(F)F)(C3)C2)C1CC1. The van der Waals surface area contributed by atoms with Crippen molar-refractivity contribution in [1.82, 2.24) is 5.32 Å². The molecule has 0 heterocycles. The number of halogens is 4. The first-order valence-electron chi connectivity index (χ1n) is 8.84. The molecule has 3 N–H and O–H groups in total. The zero-order valence-corrected chi connectivity index (χ0v) is 14.5. The van der Waals surface area contributed by atoms with Gasteiger partial charge in [0.25, 0.3) is 0 Å². The smallest absolute Gasteiger partial charge is 0.354 e. The third kappa shape index (κ3) is 2.83. The second-order valence-corrected chi connectivity index (χ2v) is 8.73. The van der Waals surface area contributed by atoms with E-state index in [2.05, 4.69) is 5.32 Å². The molecule has 24 heavy (non-hydrogen) atoms. The van der Waals surface area contributed by atoms with E-state index in [4.69, 9.17) is 5.73 Å². The average Bonchev–Trinajstić information content (AvgIpc) is 3.26. The predicted octanol–water partition coefficient (Wildman–Crippen LogP) is 3.41. The largest absolute Gasteiger partial charge is 0.394 e. The molecule has 1 amide bonds. The summed E-state index contributed by atoms with van der Waals surface area (Å²) in [5, 5.41) is 2.90. The van der Waals surface area contributed by atoms with Gasteiger partial charge >= 0.3 is 6.18 Å². The van der Waals surface area contributed by atoms with Crippen LogP contribution >= 0.6 is 12.4 Å². The molecule has 138 valence electrons. The quantitative estimate of drug-likeness (QED) is 0.801. The van der Waals surface area contributed by atoms with Crippen LogP contribution in [0.4, 0.5) is 13.2 Å². The van der Waals surface area contributed by atoms with Gasteiger partial charge in [-0.1, -0.05) is 0 Å². The number of nitrogens with one attached hydrogen (secondary N) is 1. The standard InChI is InChI=1S/C17H25F3N2O.ClH/c18-17(19,20)16-6-10-3-11(7-16)5-15(4-10,9-16)14(23)22-8-13(21)12-1-2-12;/h10-13H,1-9,21H2,(H,22,23);1H. The lowest BCUT2D eigenvalue weighted by molar-refractivity contribution is -0.283. The third-order valence-electron chi connectivity index (χ3n) is 6.87. The second kappa shape index (κ2) is 5.76. The van der Waals surface area contributed by atoms with Crippen LogP contribution in [0.5, 0.6) is 0 Å². The summed E-state index contributed by atoms with van der Waals surface area (Å²) >= 11 is 0. The number of rotatable bonds is 4. The predicted molar refractivity (Wildman–Crippen MR) is 86.6 cm³/mol. The van der Waals surface area contributed by atoms with Gasteiger partial charge in [-0.25, -0.2) is 0 Å². The Labute approximate surface area is 146 Å². The minimum absolute atomic E-state index is 0. The topological polar surface area (TPSA) is 55.1 Å². The molecule has 3 atom stereocenters. The van der Waals surface area contributed by atoms with Crippen molar-refractivity contribution >= 4 is 18.3 Å². The first-order chi connectivity index (χ1) is 10.7. The summed E-state index contributed by atoms with van der Waals surface area (Å²) in [4.78, 5) is 12.8. The Morgan fingerprint density at radius 1 is 1.17 bits per heavy atom. The molecule has 4 bridgehead atoms. The summed E-state index contributed by atoms with van der Waals surface area (Å²) in [6.07, 6.45) is 0.577. The fraction of sp³-hybridized carbons (Fsp3) is 0.941. The minimum atomic E-state index is -4.19. The Bertz CT molecular complexity index is 506. The van der Waals surface area contributed by atoms with Crippen molar-refractivity contribution in [3.63, 3.8) is 0 Å². The van der Waals surface area contributed by atoms with Crippen LogP contribution in [0.25, 0.3) is 0 Å². The number of carbonyl (C=O) groups excluding carboxylic acids is 1. The fourth-order valence-corrected chi connectivity index (χ4v) is 5.95. The number of carbonyl (C=O) groups is 1. The van der Waals surface area contributed by atoms with Crippen LogP contribution in [-0.2, 0) is 4.79 Å². The molecule has 0 saturated heterocycles. The maximum Gasteiger partial charge on any atom is 0.394 e. The van der Waals surface area contributed by atoms with Crippen LogP contribution in [0.2, 0.25) is 0 Å². The molecule has 0 aromatic carbocycles. The van der Waals surface area contributed by atoms with E-state index in [0.29, 0.717) is 25.3 Å². The van der Waals surface area contributed by atoms with E-state index in [1.165, 1.54) is 0 Å². The van der Waals surface area contributed by atoms with Crippen LogP contribution in [-0.4, -0.2) is 24.7 Å². The van der Waals surface area contributed by atoms with E-state index in [1.807, 2.05) is 0 Å². The summed E-state index contributed by atoms with van der Waals surface area (Å²) in [7, 11) is 0. The Balaban J connectivity index is 0.00000169. The highest BCUT2D eigenvalue weighted by Crippen LogP contribution is 2.69. The number of nitrogens with two attached hydrogens (primary N) is 1. The highest BCUT2D eigenvalue weighted by molar-refractivity contribution is 5.85. The summed E-state index contributed by atoms with van der Waals surface area (Å²) in [5.74, 6) is 0.422. The van der Waals surface area contributed by atoms with Crippen molar-refractivity contribution in [3.05, 3.63) is 0 Å². The molecular formula is C17H26ClF3N2O. The summed E-state index contributed by atoms with van der Waals surface area (Å²) < 4.78 is 41.1. The molecule has 0 aliphatic heterocycles. The Hall–Kier alpha value is -0.490. The molecular weight excluding hydrogens is 341 g/mol. The molecule has 0 aromatic rings. The van der Waals surface area contributed by atoms with Crippen LogP contribution in [0.1, 0.15) is 51.4 Å². The van der Waals surface area contributed by atoms with Crippen LogP contribution in [0, 0.1) is 28.6 Å². The van der Waals surface area contributed by atoms with E-state index >= 15 is 0 Å². The van der Waals surface area contributed by atoms with Crippen molar-refractivity contribution in [2.24, 2.45) is 34.3 Å². The van der Waals surface area contributed by atoms with Crippen LogP contribution < -0.4 is 11.1 Å². The van der Waals surface area contributed by atoms with Gasteiger partial charge in [0.1, 0.15) is 0 Å². The molecule has 5 aliphatic carbocycles. The summed E-state index contributed by atoms with van der Waals surface area (Å²) in [5.41, 5.74) is 3.60. The molecule has 5 aliphatic rings. The minimum Gasteiger partial charge on any atom is -0.354 e. The highest BCUT2D eigenvalue weighted by atomic mass is 35.5. The van der Waals surface area contributed by atoms with Gasteiger partial charge < -0.3 is 11.1 Å². The van der Waals surface area contributed by atoms with Crippen molar-refractivity contribution in [2.75, 3.05) is 6.54 Å². The normalized spacial score (nSPS) is 41.7. The second-order valence-electron chi connectivity index (χ2n) is 8.73. The Morgan fingerprint density at radius 3 is 2.25 bits per heavy atom. The van der Waals surface area contributed by atoms with Crippen molar-refractivity contribution in [1.29, 1.82) is 0 Å². The van der Waals surface area contributed by atoms with Gasteiger partial charge in [0.05, 0.1) is 10.8 Å². The lowest BCUT2D eigenvalue weighted by atomic mass is 9.43. The lowest BCUT2D eigenvalue weighted by Crippen LogP contribution is -2.61. The molecule has 5 rings (SSSR count). The zero-order valence-electron chi connectivity index (χ0n) is 13.7. The maximum absolute atomic E-state index is 13.7. The average molecular weight is 367 g/mol. The molecule has 7 heteroatoms. The van der Waals surface area contributed by atoms with Gasteiger partial charge in [0, 0.05) is 12.6 Å². The first-order valence-corrected chi connectivity index (χ1v) is 8.84. The molecule has 0 aromatic heterocycles. The van der Waals surface area contributed by atoms with E-state index in [9.17, 15) is 18.0 Å². The van der Waals surface area contributed by atoms with Crippen LogP contribution in [0.15, 0.2) is 0 Å². The number of amides is 1. The van der Waals surface area contributed by atoms with Crippen molar-refractivity contribution in [2.45, 2.75) is 63.6 Å². The van der Waals surface area contributed by atoms with Gasteiger partial charge in [-0.15, -0.1) is 12.4 Å². The molecule has 5 saturated carbocycles. The lowest BCUT2D eigenvalue weighted by Gasteiger charge is -2.61. The van der Waals surface area contributed by atoms with Gasteiger partial charge in [-0.2, -0.15) is 13.2 Å². The van der Waals surface area contributed by atoms with Crippen LogP contribution in [0.3, 0.4) is 0 Å². The van der Waals surface area contributed by atoms with Crippen molar-refractivity contribution in [3.8, 4) is 0 Å². The summed E-state index contributed by atoms with van der Waals surface area (Å²) in [6.45, 7) is 0.402. The number of hydrogen-bond donors (Lipinski definition) is 2. The fourth-order valence-electron chi connectivity index (χ4n) is 5.95. The number of hydrogen-bond acceptors (Lipinski definition) is 2. The van der Waals surface area contributed by atoms with Gasteiger partial charge in [-0.3, -0.25) is 4.79 Å². The van der Waals surface area contributed by atoms with E-state index in [1.54, 1.807) is 0 Å². The molecule has 3 nitrogen and oxygen atoms in total. The van der Waals surface area contributed by atoms with Gasteiger partial charge in [0.2, 0.25) is 5.91 Å². The van der Waals surface area contributed by atoms with Gasteiger partial charge in [-0.05, 0) is 69.1 Å². The van der Waals surface area contributed by atoms with Gasteiger partial charge in [0.15, 0.2) is 0 Å². The summed E-state index contributed by atoms with van der Waals surface area (Å²) in [6, 6.07) is -0.0514. The Kier molecular flexibility index (Phi) is 4.40. The Morgan fingerprint density at radius 2 is 1.75 bits per heavy atom. The molecule has 0 spiro atoms. The van der Waals surface area contributed by atoms with E-state index in [0.717, 1.165) is 19.3 Å². The highest BCUT2D eigenvalue weighted by Gasteiger charge is 2.68. The van der Waals surface area contributed by atoms with E-state index in [-0.39, 0.29) is 55.5 Å². The monoisotopic (exact) mass is 366 g/mol. The first kappa shape index (κ1) is 18.3. The number of alkyl halides is 3. The molecule has 5 fully saturated rings. The van der Waals surface area contributed by atoms with E-state index < -0.39 is 17.0 Å².